The Morgan fingerprint density at radius 2 is 1.73 bits per heavy atom. The first-order chi connectivity index (χ1) is 21.6. The van der Waals surface area contributed by atoms with Gasteiger partial charge in [0.15, 0.2) is 5.75 Å². The van der Waals surface area contributed by atoms with E-state index in [1.807, 2.05) is 64.1 Å². The average Bonchev–Trinajstić information content (AvgIpc) is 3.10. The smallest absolute Gasteiger partial charge is 0.264 e. The topological polar surface area (TPSA) is 116 Å². The van der Waals surface area contributed by atoms with Crippen LogP contribution in [0.3, 0.4) is 0 Å². The first-order valence-corrected chi connectivity index (χ1v) is 17.3. The molecule has 6 bridgehead atoms. The Morgan fingerprint density at radius 1 is 1.00 bits per heavy atom. The Balaban J connectivity index is 1.40. The second-order valence-electron chi connectivity index (χ2n) is 13.1. The summed E-state index contributed by atoms with van der Waals surface area (Å²) in [5.74, 6) is 2.06. The van der Waals surface area contributed by atoms with Gasteiger partial charge in [0.25, 0.3) is 10.0 Å². The molecule has 2 saturated carbocycles. The average molecular weight is 626 g/mol. The van der Waals surface area contributed by atoms with Crippen LogP contribution in [0.1, 0.15) is 74.9 Å². The Kier molecular flexibility index (Phi) is 7.30. The lowest BCUT2D eigenvalue weighted by Crippen LogP contribution is -2.59. The molecule has 7 rings (SSSR count). The third-order valence-corrected chi connectivity index (χ3v) is 11.3. The maximum atomic E-state index is 13.9. The van der Waals surface area contributed by atoms with Gasteiger partial charge >= 0.3 is 0 Å². The molecule has 0 amide bonds. The van der Waals surface area contributed by atoms with Crippen molar-refractivity contribution >= 4 is 16.0 Å². The fourth-order valence-corrected chi connectivity index (χ4v) is 9.16. The first kappa shape index (κ1) is 29.6. The number of ether oxygens (including phenoxy) is 2. The molecule has 0 radical (unpaired) electrons. The highest BCUT2D eigenvalue weighted by Gasteiger charge is 2.63. The maximum absolute atomic E-state index is 13.9. The SMILES string of the molecule is Cc1cccc(C)c1-c1cc2nc(n1)NS(=O)(=O)c1cccc(c1)C13C(C)C[C@@H]1[C@@H](CCC[C@@H]3c1ncc(OC(C)C)cn1)O2. The normalized spacial score (nSPS) is 26.5. The number of aryl methyl sites for hydroxylation is 2. The molecule has 2 aliphatic carbocycles. The van der Waals surface area contributed by atoms with Crippen LogP contribution in [0.4, 0.5) is 5.95 Å². The van der Waals surface area contributed by atoms with Crippen molar-refractivity contribution in [2.24, 2.45) is 11.8 Å². The van der Waals surface area contributed by atoms with E-state index >= 15 is 0 Å². The third kappa shape index (κ3) is 5.03. The van der Waals surface area contributed by atoms with Crippen molar-refractivity contribution in [3.63, 3.8) is 0 Å². The van der Waals surface area contributed by atoms with E-state index < -0.39 is 15.4 Å². The summed E-state index contributed by atoms with van der Waals surface area (Å²) in [6.07, 6.45) is 6.94. The highest BCUT2D eigenvalue weighted by atomic mass is 32.2. The van der Waals surface area contributed by atoms with Gasteiger partial charge in [0, 0.05) is 28.9 Å². The lowest BCUT2D eigenvalue weighted by atomic mass is 9.44. The molecule has 5 atom stereocenters. The van der Waals surface area contributed by atoms with Gasteiger partial charge in [0.05, 0.1) is 29.1 Å². The summed E-state index contributed by atoms with van der Waals surface area (Å²) in [6, 6.07) is 15.3. The summed E-state index contributed by atoms with van der Waals surface area (Å²) >= 11 is 0. The summed E-state index contributed by atoms with van der Waals surface area (Å²) in [7, 11) is -4.02. The molecular formula is C35H39N5O4S. The van der Waals surface area contributed by atoms with Crippen LogP contribution in [0.5, 0.6) is 11.6 Å². The molecule has 10 heteroatoms. The second kappa shape index (κ2) is 11.1. The monoisotopic (exact) mass is 625 g/mol. The number of rotatable bonds is 4. The number of nitrogens with zero attached hydrogens (tertiary/aromatic N) is 4. The number of aromatic nitrogens is 4. The van der Waals surface area contributed by atoms with Crippen molar-refractivity contribution < 1.29 is 17.9 Å². The number of sulfonamides is 1. The highest BCUT2D eigenvalue weighted by Crippen LogP contribution is 2.64. The lowest BCUT2D eigenvalue weighted by Gasteiger charge is -2.60. The van der Waals surface area contributed by atoms with E-state index in [4.69, 9.17) is 19.4 Å². The summed E-state index contributed by atoms with van der Waals surface area (Å²) in [6.45, 7) is 10.3. The minimum atomic E-state index is -4.02. The van der Waals surface area contributed by atoms with E-state index in [1.54, 1.807) is 18.5 Å². The van der Waals surface area contributed by atoms with Crippen LogP contribution >= 0.6 is 0 Å². The molecule has 45 heavy (non-hydrogen) atoms. The van der Waals surface area contributed by atoms with Gasteiger partial charge < -0.3 is 9.47 Å². The zero-order valence-corrected chi connectivity index (χ0v) is 27.1. The Morgan fingerprint density at radius 3 is 2.44 bits per heavy atom. The van der Waals surface area contributed by atoms with Crippen LogP contribution in [-0.4, -0.2) is 40.6 Å². The van der Waals surface area contributed by atoms with Crippen LogP contribution in [-0.2, 0) is 15.4 Å². The van der Waals surface area contributed by atoms with Crippen molar-refractivity contribution in [1.82, 2.24) is 19.9 Å². The van der Waals surface area contributed by atoms with Crippen LogP contribution in [0.15, 0.2) is 65.8 Å². The molecule has 9 nitrogen and oxygen atoms in total. The van der Waals surface area contributed by atoms with E-state index in [9.17, 15) is 8.42 Å². The molecule has 2 fully saturated rings. The maximum Gasteiger partial charge on any atom is 0.264 e. The molecule has 2 unspecified atom stereocenters. The Hall–Kier alpha value is -4.05. The van der Waals surface area contributed by atoms with Crippen molar-refractivity contribution in [3.8, 4) is 22.9 Å². The summed E-state index contributed by atoms with van der Waals surface area (Å²) in [5, 5.41) is 0. The number of anilines is 1. The Bertz CT molecular complexity index is 1840. The predicted molar refractivity (Wildman–Crippen MR) is 172 cm³/mol. The Labute approximate surface area is 264 Å². The summed E-state index contributed by atoms with van der Waals surface area (Å²) < 4.78 is 43.1. The van der Waals surface area contributed by atoms with Gasteiger partial charge in [-0.1, -0.05) is 37.3 Å². The lowest BCUT2D eigenvalue weighted by molar-refractivity contribution is -0.0547. The molecule has 2 aromatic heterocycles. The van der Waals surface area contributed by atoms with Crippen LogP contribution in [0.2, 0.25) is 0 Å². The molecule has 4 aromatic rings. The quantitative estimate of drug-likeness (QED) is 0.264. The van der Waals surface area contributed by atoms with Gasteiger partial charge in [0.2, 0.25) is 11.8 Å². The van der Waals surface area contributed by atoms with Gasteiger partial charge in [0.1, 0.15) is 11.9 Å². The van der Waals surface area contributed by atoms with Gasteiger partial charge in [-0.3, -0.25) is 0 Å². The molecular weight excluding hydrogens is 586 g/mol. The summed E-state index contributed by atoms with van der Waals surface area (Å²) in [5.41, 5.74) is 4.18. The van der Waals surface area contributed by atoms with Crippen molar-refractivity contribution in [2.75, 3.05) is 4.72 Å². The van der Waals surface area contributed by atoms with Crippen LogP contribution in [0.25, 0.3) is 11.3 Å². The minimum Gasteiger partial charge on any atom is -0.488 e. The van der Waals surface area contributed by atoms with Crippen molar-refractivity contribution in [3.05, 3.63) is 83.4 Å². The number of hydrogen-bond acceptors (Lipinski definition) is 8. The predicted octanol–water partition coefficient (Wildman–Crippen LogP) is 6.76. The van der Waals surface area contributed by atoms with E-state index in [0.717, 1.165) is 53.8 Å². The second-order valence-corrected chi connectivity index (χ2v) is 14.8. The fraction of sp³-hybridized carbons (Fsp3) is 0.429. The third-order valence-electron chi connectivity index (χ3n) is 9.96. The molecule has 2 aromatic carbocycles. The minimum absolute atomic E-state index is 0.00650. The van der Waals surface area contributed by atoms with Crippen LogP contribution in [0, 0.1) is 25.7 Å². The van der Waals surface area contributed by atoms with Gasteiger partial charge in [-0.15, -0.1) is 0 Å². The molecule has 3 aliphatic rings. The number of fused-ring (bicyclic) bond motifs is 4. The van der Waals surface area contributed by atoms with E-state index in [2.05, 4.69) is 27.7 Å². The number of nitrogens with one attached hydrogen (secondary N) is 1. The zero-order valence-electron chi connectivity index (χ0n) is 26.3. The zero-order chi connectivity index (χ0) is 31.5. The molecule has 1 N–H and O–H groups in total. The summed E-state index contributed by atoms with van der Waals surface area (Å²) in [4.78, 5) is 19.2. The number of benzene rings is 2. The van der Waals surface area contributed by atoms with E-state index in [-0.39, 0.29) is 40.8 Å². The van der Waals surface area contributed by atoms with Crippen molar-refractivity contribution in [2.45, 2.75) is 88.7 Å². The molecule has 0 saturated heterocycles. The van der Waals surface area contributed by atoms with Gasteiger partial charge in [-0.2, -0.15) is 4.98 Å². The largest absolute Gasteiger partial charge is 0.488 e. The van der Waals surface area contributed by atoms with E-state index in [0.29, 0.717) is 17.3 Å². The van der Waals surface area contributed by atoms with Crippen LogP contribution < -0.4 is 14.2 Å². The standard InChI is InChI=1S/C35H39N5O4S/c1-20(2)43-25-18-36-33(37-19-25)27-13-8-14-30-28-15-23(5)35(27,28)24-11-7-12-26(16-24)45(41,42)40-34-38-29(17-31(39-34)44-30)32-21(3)9-6-10-22(32)4/h6-7,9-12,16-20,23,27-28,30H,8,13-15H2,1-5H3,(H,38,39,40)/t23?,27-,28-,30-,35?/m1/s1. The molecule has 0 spiro atoms. The van der Waals surface area contributed by atoms with Gasteiger partial charge in [-0.05, 0) is 88.1 Å². The molecule has 3 heterocycles. The highest BCUT2D eigenvalue weighted by molar-refractivity contribution is 7.92. The first-order valence-electron chi connectivity index (χ1n) is 15.8. The molecule has 1 aliphatic heterocycles. The van der Waals surface area contributed by atoms with E-state index in [1.165, 1.54) is 0 Å². The fourth-order valence-electron chi connectivity index (χ4n) is 8.17. The van der Waals surface area contributed by atoms with Crippen molar-refractivity contribution in [1.29, 1.82) is 0 Å². The number of hydrogen-bond donors (Lipinski definition) is 1. The van der Waals surface area contributed by atoms with Gasteiger partial charge in [-0.25, -0.2) is 28.1 Å². The molecule has 234 valence electrons.